The van der Waals surface area contributed by atoms with Crippen molar-refractivity contribution < 1.29 is 37.3 Å². The van der Waals surface area contributed by atoms with Gasteiger partial charge in [-0.3, -0.25) is 0 Å². The zero-order valence-corrected chi connectivity index (χ0v) is 19.2. The minimum atomic E-state index is -4.73. The maximum Gasteiger partial charge on any atom is 0.573 e. The summed E-state index contributed by atoms with van der Waals surface area (Å²) in [6.07, 6.45) is -1.17. The van der Waals surface area contributed by atoms with E-state index in [1.54, 1.807) is 12.1 Å². The Hall–Kier alpha value is -3.34. The van der Waals surface area contributed by atoms with E-state index >= 15 is 0 Å². The Bertz CT molecular complexity index is 1060. The van der Waals surface area contributed by atoms with Crippen molar-refractivity contribution in [2.75, 3.05) is 0 Å². The SMILES string of the molecule is Cc1cc(OC(CC#Cc2ccc(OC(F)(F)F)cc2)C2CCC2)ccc1OC(C)(C)C(=O)O. The van der Waals surface area contributed by atoms with Crippen LogP contribution in [0.3, 0.4) is 0 Å². The fourth-order valence-electron chi connectivity index (χ4n) is 3.41. The molecule has 0 aliphatic heterocycles. The predicted molar refractivity (Wildman–Crippen MR) is 120 cm³/mol. The lowest BCUT2D eigenvalue weighted by molar-refractivity contribution is -0.274. The zero-order chi connectivity index (χ0) is 24.9. The number of carboxylic acids is 1. The number of aliphatic carboxylic acids is 1. The topological polar surface area (TPSA) is 65.0 Å². The van der Waals surface area contributed by atoms with Crippen LogP contribution in [0.2, 0.25) is 0 Å². The lowest BCUT2D eigenvalue weighted by Gasteiger charge is -2.33. The molecule has 0 heterocycles. The van der Waals surface area contributed by atoms with Crippen LogP contribution in [-0.4, -0.2) is 29.1 Å². The van der Waals surface area contributed by atoms with Crippen LogP contribution in [0.1, 0.15) is 50.7 Å². The van der Waals surface area contributed by atoms with Crippen LogP contribution in [0.25, 0.3) is 0 Å². The van der Waals surface area contributed by atoms with E-state index in [2.05, 4.69) is 16.6 Å². The van der Waals surface area contributed by atoms with Gasteiger partial charge in [0.1, 0.15) is 23.4 Å². The van der Waals surface area contributed by atoms with Crippen molar-refractivity contribution in [1.82, 2.24) is 0 Å². The number of halogens is 3. The lowest BCUT2D eigenvalue weighted by atomic mass is 9.80. The molecule has 1 atom stereocenters. The molecule has 34 heavy (non-hydrogen) atoms. The van der Waals surface area contributed by atoms with Gasteiger partial charge in [-0.05, 0) is 87.6 Å². The summed E-state index contributed by atoms with van der Waals surface area (Å²) in [4.78, 5) is 11.3. The smallest absolute Gasteiger partial charge is 0.489 e. The van der Waals surface area contributed by atoms with E-state index in [0.717, 1.165) is 24.8 Å². The highest BCUT2D eigenvalue weighted by atomic mass is 19.4. The third-order valence-electron chi connectivity index (χ3n) is 5.61. The first kappa shape index (κ1) is 25.3. The van der Waals surface area contributed by atoms with E-state index < -0.39 is 17.9 Å². The molecule has 0 radical (unpaired) electrons. The van der Waals surface area contributed by atoms with E-state index in [-0.39, 0.29) is 11.9 Å². The Balaban J connectivity index is 1.65. The molecule has 0 spiro atoms. The molecule has 1 aliphatic carbocycles. The lowest BCUT2D eigenvalue weighted by Crippen LogP contribution is -2.38. The summed E-state index contributed by atoms with van der Waals surface area (Å²) >= 11 is 0. The monoisotopic (exact) mass is 476 g/mol. The number of ether oxygens (including phenoxy) is 3. The van der Waals surface area contributed by atoms with Crippen LogP contribution >= 0.6 is 0 Å². The molecular formula is C26H27F3O5. The van der Waals surface area contributed by atoms with E-state index in [0.29, 0.717) is 29.4 Å². The van der Waals surface area contributed by atoms with Gasteiger partial charge >= 0.3 is 12.3 Å². The number of alkyl halides is 3. The molecule has 0 bridgehead atoms. The van der Waals surface area contributed by atoms with Gasteiger partial charge in [0.2, 0.25) is 0 Å². The van der Waals surface area contributed by atoms with Gasteiger partial charge in [-0.15, -0.1) is 13.2 Å². The molecule has 0 amide bonds. The molecule has 1 saturated carbocycles. The van der Waals surface area contributed by atoms with Crippen LogP contribution in [0.15, 0.2) is 42.5 Å². The molecule has 2 aromatic carbocycles. The molecule has 8 heteroatoms. The number of carboxylic acid groups (broad SMARTS) is 1. The van der Waals surface area contributed by atoms with Crippen molar-refractivity contribution in [2.45, 2.75) is 64.5 Å². The molecule has 1 N–H and O–H groups in total. The Labute approximate surface area is 196 Å². The third-order valence-corrected chi connectivity index (χ3v) is 5.61. The molecule has 2 aromatic rings. The van der Waals surface area contributed by atoms with Crippen LogP contribution < -0.4 is 14.2 Å². The summed E-state index contributed by atoms with van der Waals surface area (Å²) in [5, 5.41) is 9.27. The second kappa shape index (κ2) is 10.3. The molecule has 0 aromatic heterocycles. The number of rotatable bonds is 8. The first-order valence-electron chi connectivity index (χ1n) is 11.0. The van der Waals surface area contributed by atoms with Crippen molar-refractivity contribution in [2.24, 2.45) is 5.92 Å². The van der Waals surface area contributed by atoms with E-state index in [9.17, 15) is 23.1 Å². The van der Waals surface area contributed by atoms with Crippen molar-refractivity contribution in [1.29, 1.82) is 0 Å². The van der Waals surface area contributed by atoms with Gasteiger partial charge in [-0.25, -0.2) is 4.79 Å². The highest BCUT2D eigenvalue weighted by Crippen LogP contribution is 2.35. The van der Waals surface area contributed by atoms with Gasteiger partial charge in [0.05, 0.1) is 0 Å². The van der Waals surface area contributed by atoms with Gasteiger partial charge in [0.15, 0.2) is 5.60 Å². The van der Waals surface area contributed by atoms with Crippen LogP contribution in [0, 0.1) is 24.7 Å². The standard InChI is InChI=1S/C26H27F3O5/c1-17-16-21(14-15-22(17)34-25(2,3)24(30)31)32-23(19-7-5-8-19)9-4-6-18-10-12-20(13-11-18)33-26(27,28)29/h10-16,19,23H,5,7-9H2,1-3H3,(H,30,31). The Morgan fingerprint density at radius 2 is 1.74 bits per heavy atom. The second-order valence-electron chi connectivity index (χ2n) is 8.77. The first-order valence-corrected chi connectivity index (χ1v) is 11.0. The summed E-state index contributed by atoms with van der Waals surface area (Å²) in [7, 11) is 0. The summed E-state index contributed by atoms with van der Waals surface area (Å²) in [6.45, 7) is 4.80. The van der Waals surface area contributed by atoms with Crippen molar-refractivity contribution in [3.63, 3.8) is 0 Å². The quantitative estimate of drug-likeness (QED) is 0.465. The van der Waals surface area contributed by atoms with Crippen molar-refractivity contribution in [3.05, 3.63) is 53.6 Å². The molecule has 5 nitrogen and oxygen atoms in total. The second-order valence-corrected chi connectivity index (χ2v) is 8.77. The number of hydrogen-bond acceptors (Lipinski definition) is 4. The zero-order valence-electron chi connectivity index (χ0n) is 19.2. The minimum Gasteiger partial charge on any atom is -0.489 e. The van der Waals surface area contributed by atoms with E-state index in [1.165, 1.54) is 38.1 Å². The Kier molecular flexibility index (Phi) is 7.65. The van der Waals surface area contributed by atoms with Crippen LogP contribution in [-0.2, 0) is 4.79 Å². The molecular weight excluding hydrogens is 449 g/mol. The van der Waals surface area contributed by atoms with Crippen LogP contribution in [0.5, 0.6) is 17.2 Å². The number of hydrogen-bond donors (Lipinski definition) is 1. The van der Waals surface area contributed by atoms with E-state index in [4.69, 9.17) is 9.47 Å². The van der Waals surface area contributed by atoms with Crippen LogP contribution in [0.4, 0.5) is 13.2 Å². The van der Waals surface area contributed by atoms with Gasteiger partial charge in [0, 0.05) is 12.0 Å². The third kappa shape index (κ3) is 7.08. The largest absolute Gasteiger partial charge is 0.573 e. The minimum absolute atomic E-state index is 0.129. The number of aryl methyl sites for hydroxylation is 1. The average Bonchev–Trinajstić information content (AvgIpc) is 2.68. The predicted octanol–water partition coefficient (Wildman–Crippen LogP) is 6.12. The van der Waals surface area contributed by atoms with Gasteiger partial charge in [-0.2, -0.15) is 0 Å². The molecule has 1 aliphatic rings. The molecule has 182 valence electrons. The van der Waals surface area contributed by atoms with Gasteiger partial charge in [-0.1, -0.05) is 18.3 Å². The maximum absolute atomic E-state index is 12.3. The molecule has 1 unspecified atom stereocenters. The molecule has 0 saturated heterocycles. The summed E-state index contributed by atoms with van der Waals surface area (Å²) < 4.78 is 52.6. The Morgan fingerprint density at radius 3 is 2.26 bits per heavy atom. The van der Waals surface area contributed by atoms with E-state index in [1.807, 2.05) is 13.0 Å². The summed E-state index contributed by atoms with van der Waals surface area (Å²) in [6, 6.07) is 10.7. The Morgan fingerprint density at radius 1 is 1.09 bits per heavy atom. The highest BCUT2D eigenvalue weighted by Gasteiger charge is 2.32. The fourth-order valence-corrected chi connectivity index (χ4v) is 3.41. The van der Waals surface area contributed by atoms with Crippen molar-refractivity contribution >= 4 is 5.97 Å². The highest BCUT2D eigenvalue weighted by molar-refractivity contribution is 5.76. The molecule has 3 rings (SSSR count). The maximum atomic E-state index is 12.3. The van der Waals surface area contributed by atoms with Crippen molar-refractivity contribution in [3.8, 4) is 29.1 Å². The summed E-state index contributed by atoms with van der Waals surface area (Å²) in [5.74, 6) is 6.19. The van der Waals surface area contributed by atoms with Gasteiger partial charge < -0.3 is 19.3 Å². The average molecular weight is 476 g/mol. The normalized spacial score (nSPS) is 14.9. The van der Waals surface area contributed by atoms with Gasteiger partial charge in [0.25, 0.3) is 0 Å². The summed E-state index contributed by atoms with van der Waals surface area (Å²) in [5.41, 5.74) is -0.0134. The fraction of sp³-hybridized carbons (Fsp3) is 0.423. The first-order chi connectivity index (χ1) is 15.9. The number of benzene rings is 2. The number of carbonyl (C=O) groups is 1. The molecule has 1 fully saturated rings.